The molecule has 2 aromatic heterocycles. The Morgan fingerprint density at radius 1 is 1.08 bits per heavy atom. The van der Waals surface area contributed by atoms with Crippen LogP contribution < -0.4 is 5.32 Å². The summed E-state index contributed by atoms with van der Waals surface area (Å²) in [4.78, 5) is 35.0. The predicted octanol–water partition coefficient (Wildman–Crippen LogP) is 2.96. The van der Waals surface area contributed by atoms with E-state index in [0.29, 0.717) is 16.9 Å². The van der Waals surface area contributed by atoms with Gasteiger partial charge in [-0.05, 0) is 37.6 Å². The first kappa shape index (κ1) is 17.5. The normalized spacial score (nSPS) is 10.6. The summed E-state index contributed by atoms with van der Waals surface area (Å²) in [5, 5.41) is 3.58. The van der Waals surface area contributed by atoms with Gasteiger partial charge < -0.3 is 10.2 Å². The van der Waals surface area contributed by atoms with Crippen LogP contribution in [0, 0.1) is 13.8 Å². The second-order valence-electron chi connectivity index (χ2n) is 6.26. The van der Waals surface area contributed by atoms with Crippen molar-refractivity contribution >= 4 is 28.5 Å². The lowest BCUT2D eigenvalue weighted by Crippen LogP contribution is -2.35. The van der Waals surface area contributed by atoms with Gasteiger partial charge in [-0.1, -0.05) is 24.3 Å². The number of carbonyl (C=O) groups is 2. The van der Waals surface area contributed by atoms with Gasteiger partial charge in [-0.2, -0.15) is 0 Å². The van der Waals surface area contributed by atoms with Crippen LogP contribution in [-0.4, -0.2) is 40.3 Å². The minimum atomic E-state index is -0.304. The molecule has 0 saturated heterocycles. The molecule has 1 N–H and O–H groups in total. The fourth-order valence-electron chi connectivity index (χ4n) is 2.63. The largest absolute Gasteiger partial charge is 0.332 e. The number of nitrogens with zero attached hydrogens (tertiary/aromatic N) is 3. The van der Waals surface area contributed by atoms with E-state index in [1.165, 1.54) is 4.90 Å². The van der Waals surface area contributed by atoms with Crippen molar-refractivity contribution in [2.24, 2.45) is 0 Å². The molecular formula is C20H20N4O2. The number of anilines is 1. The molecule has 0 aliphatic carbocycles. The Morgan fingerprint density at radius 3 is 2.62 bits per heavy atom. The molecule has 3 rings (SSSR count). The molecule has 132 valence electrons. The monoisotopic (exact) mass is 348 g/mol. The van der Waals surface area contributed by atoms with Gasteiger partial charge in [-0.25, -0.2) is 4.98 Å². The van der Waals surface area contributed by atoms with Crippen LogP contribution >= 0.6 is 0 Å². The van der Waals surface area contributed by atoms with Crippen LogP contribution in [-0.2, 0) is 4.79 Å². The number of nitrogens with one attached hydrogen (secondary N) is 1. The van der Waals surface area contributed by atoms with Gasteiger partial charge in [-0.15, -0.1) is 0 Å². The van der Waals surface area contributed by atoms with Crippen LogP contribution in [0.5, 0.6) is 0 Å². The number of aryl methyl sites for hydroxylation is 2. The van der Waals surface area contributed by atoms with Crippen molar-refractivity contribution < 1.29 is 9.59 Å². The van der Waals surface area contributed by atoms with Crippen LogP contribution in [0.4, 0.5) is 5.82 Å². The van der Waals surface area contributed by atoms with Crippen LogP contribution in [0.3, 0.4) is 0 Å². The van der Waals surface area contributed by atoms with Gasteiger partial charge in [0.2, 0.25) is 5.91 Å². The van der Waals surface area contributed by atoms with Crippen molar-refractivity contribution in [3.63, 3.8) is 0 Å². The van der Waals surface area contributed by atoms with Gasteiger partial charge in [0.1, 0.15) is 5.82 Å². The van der Waals surface area contributed by atoms with E-state index < -0.39 is 0 Å². The quantitative estimate of drug-likeness (QED) is 0.786. The molecule has 2 amide bonds. The number of carbonyl (C=O) groups excluding carboxylic acids is 2. The number of rotatable bonds is 4. The molecule has 0 aliphatic rings. The highest BCUT2D eigenvalue weighted by molar-refractivity contribution is 6.06. The Kier molecular flexibility index (Phi) is 4.93. The van der Waals surface area contributed by atoms with E-state index in [2.05, 4.69) is 15.3 Å². The highest BCUT2D eigenvalue weighted by atomic mass is 16.2. The number of para-hydroxylation sites is 1. The lowest BCUT2D eigenvalue weighted by molar-refractivity contribution is -0.116. The van der Waals surface area contributed by atoms with E-state index in [1.807, 2.05) is 44.2 Å². The van der Waals surface area contributed by atoms with Gasteiger partial charge in [0.05, 0.1) is 17.6 Å². The number of hydrogen-bond donors (Lipinski definition) is 1. The third kappa shape index (κ3) is 3.85. The first-order chi connectivity index (χ1) is 12.4. The zero-order valence-electron chi connectivity index (χ0n) is 15.0. The summed E-state index contributed by atoms with van der Waals surface area (Å²) < 4.78 is 0. The lowest BCUT2D eigenvalue weighted by Gasteiger charge is -2.17. The average Bonchev–Trinajstić information content (AvgIpc) is 2.62. The number of hydrogen-bond acceptors (Lipinski definition) is 4. The van der Waals surface area contributed by atoms with Crippen molar-refractivity contribution in [1.29, 1.82) is 0 Å². The Bertz CT molecular complexity index is 967. The SMILES string of the molecule is Cc1ccc(NC(=O)CN(C)C(=O)c2cccc3ccc(C)nc23)nc1. The summed E-state index contributed by atoms with van der Waals surface area (Å²) in [5.41, 5.74) is 2.97. The van der Waals surface area contributed by atoms with E-state index in [4.69, 9.17) is 0 Å². The summed E-state index contributed by atoms with van der Waals surface area (Å²) in [6.45, 7) is 3.73. The fraction of sp³-hybridized carbons (Fsp3) is 0.200. The van der Waals surface area contributed by atoms with Gasteiger partial charge in [0.25, 0.3) is 5.91 Å². The van der Waals surface area contributed by atoms with Crippen LogP contribution in [0.25, 0.3) is 10.9 Å². The topological polar surface area (TPSA) is 75.2 Å². The molecule has 1 aromatic carbocycles. The highest BCUT2D eigenvalue weighted by Gasteiger charge is 2.18. The number of benzene rings is 1. The van der Waals surface area contributed by atoms with Gasteiger partial charge in [0.15, 0.2) is 0 Å². The lowest BCUT2D eigenvalue weighted by atomic mass is 10.1. The average molecular weight is 348 g/mol. The molecule has 6 nitrogen and oxygen atoms in total. The summed E-state index contributed by atoms with van der Waals surface area (Å²) in [6, 6.07) is 12.9. The van der Waals surface area contributed by atoms with Gasteiger partial charge in [-0.3, -0.25) is 14.6 Å². The van der Waals surface area contributed by atoms with Crippen LogP contribution in [0.1, 0.15) is 21.6 Å². The van der Waals surface area contributed by atoms with Crippen molar-refractivity contribution in [3.05, 3.63) is 65.5 Å². The van der Waals surface area contributed by atoms with E-state index in [0.717, 1.165) is 16.6 Å². The first-order valence-corrected chi connectivity index (χ1v) is 8.28. The second-order valence-corrected chi connectivity index (χ2v) is 6.26. The summed E-state index contributed by atoms with van der Waals surface area (Å²) >= 11 is 0. The molecular weight excluding hydrogens is 328 g/mol. The van der Waals surface area contributed by atoms with Gasteiger partial charge >= 0.3 is 0 Å². The molecule has 0 spiro atoms. The molecule has 0 fully saturated rings. The Morgan fingerprint density at radius 2 is 1.88 bits per heavy atom. The minimum Gasteiger partial charge on any atom is -0.332 e. The molecule has 0 radical (unpaired) electrons. The predicted molar refractivity (Wildman–Crippen MR) is 101 cm³/mol. The minimum absolute atomic E-state index is 0.0728. The number of pyridine rings is 2. The smallest absolute Gasteiger partial charge is 0.256 e. The highest BCUT2D eigenvalue weighted by Crippen LogP contribution is 2.18. The summed E-state index contributed by atoms with van der Waals surface area (Å²) in [5.74, 6) is -0.0915. The standard InChI is InChI=1S/C20H20N4O2/c1-13-7-10-17(21-11-13)23-18(25)12-24(3)20(26)16-6-4-5-15-9-8-14(2)22-19(15)16/h4-11H,12H2,1-3H3,(H,21,23,25). The number of amides is 2. The molecule has 0 saturated carbocycles. The maximum Gasteiger partial charge on any atom is 0.256 e. The molecule has 0 aliphatic heterocycles. The van der Waals surface area contributed by atoms with Crippen molar-refractivity contribution in [3.8, 4) is 0 Å². The maximum absolute atomic E-state index is 12.8. The zero-order valence-corrected chi connectivity index (χ0v) is 15.0. The Hall–Kier alpha value is -3.28. The second kappa shape index (κ2) is 7.31. The molecule has 0 unspecified atom stereocenters. The molecule has 26 heavy (non-hydrogen) atoms. The molecule has 0 atom stereocenters. The van der Waals surface area contributed by atoms with E-state index >= 15 is 0 Å². The third-order valence-electron chi connectivity index (χ3n) is 4.00. The van der Waals surface area contributed by atoms with Crippen molar-refractivity contribution in [2.75, 3.05) is 18.9 Å². The maximum atomic E-state index is 12.8. The fourth-order valence-corrected chi connectivity index (χ4v) is 2.63. The molecule has 3 aromatic rings. The van der Waals surface area contributed by atoms with Gasteiger partial charge in [0, 0.05) is 24.3 Å². The molecule has 0 bridgehead atoms. The zero-order chi connectivity index (χ0) is 18.7. The van der Waals surface area contributed by atoms with Crippen molar-refractivity contribution in [1.82, 2.24) is 14.9 Å². The molecule has 6 heteroatoms. The van der Waals surface area contributed by atoms with Crippen LogP contribution in [0.2, 0.25) is 0 Å². The van der Waals surface area contributed by atoms with E-state index in [9.17, 15) is 9.59 Å². The number of fused-ring (bicyclic) bond motifs is 1. The number of aromatic nitrogens is 2. The van der Waals surface area contributed by atoms with E-state index in [1.54, 1.807) is 25.4 Å². The number of likely N-dealkylation sites (N-methyl/N-ethyl adjacent to an activating group) is 1. The van der Waals surface area contributed by atoms with Crippen LogP contribution in [0.15, 0.2) is 48.7 Å². The molecule has 2 heterocycles. The first-order valence-electron chi connectivity index (χ1n) is 8.28. The summed E-state index contributed by atoms with van der Waals surface area (Å²) in [7, 11) is 1.60. The summed E-state index contributed by atoms with van der Waals surface area (Å²) in [6.07, 6.45) is 1.68. The Balaban J connectivity index is 1.74. The van der Waals surface area contributed by atoms with E-state index in [-0.39, 0.29) is 18.4 Å². The Labute approximate surface area is 151 Å². The third-order valence-corrected chi connectivity index (χ3v) is 4.00. The van der Waals surface area contributed by atoms with Crippen molar-refractivity contribution in [2.45, 2.75) is 13.8 Å².